The fourth-order valence-electron chi connectivity index (χ4n) is 3.38. The highest BCUT2D eigenvalue weighted by atomic mass is 79.9. The molecule has 0 radical (unpaired) electrons. The topological polar surface area (TPSA) is 47.3 Å². The van der Waals surface area contributed by atoms with Gasteiger partial charge in [-0.2, -0.15) is 0 Å². The van der Waals surface area contributed by atoms with Crippen LogP contribution in [0, 0.1) is 0 Å². The van der Waals surface area contributed by atoms with Gasteiger partial charge in [0, 0.05) is 17.4 Å². The van der Waals surface area contributed by atoms with Crippen LogP contribution in [0.3, 0.4) is 0 Å². The molecule has 2 aliphatic heterocycles. The first-order valence-electron chi connectivity index (χ1n) is 7.42. The van der Waals surface area contributed by atoms with E-state index in [0.29, 0.717) is 0 Å². The Bertz CT molecular complexity index is 771. The quantitative estimate of drug-likeness (QED) is 0.869. The summed E-state index contributed by atoms with van der Waals surface area (Å²) in [5, 5.41) is 3.29. The van der Waals surface area contributed by atoms with Crippen LogP contribution in [0.2, 0.25) is 0 Å². The third-order valence-electron chi connectivity index (χ3n) is 4.52. The molecule has 0 aliphatic carbocycles. The molecule has 4 rings (SSSR count). The van der Waals surface area contributed by atoms with Crippen molar-refractivity contribution < 1.29 is 4.74 Å². The fourth-order valence-corrected chi connectivity index (χ4v) is 3.78. The van der Waals surface area contributed by atoms with E-state index in [-0.39, 0.29) is 5.41 Å². The largest absolute Gasteiger partial charge is 0.493 e. The second-order valence-corrected chi connectivity index (χ2v) is 6.77. The molecule has 1 atom stereocenters. The second kappa shape index (κ2) is 5.06. The maximum atomic E-state index is 6.05. The third kappa shape index (κ3) is 2.10. The average Bonchev–Trinajstić information content (AvgIpc) is 3.13. The van der Waals surface area contributed by atoms with Crippen molar-refractivity contribution in [2.75, 3.05) is 13.2 Å². The predicted octanol–water partition coefficient (Wildman–Crippen LogP) is 3.07. The first kappa shape index (κ1) is 13.7. The van der Waals surface area contributed by atoms with Gasteiger partial charge in [-0.15, -0.1) is 0 Å². The molecule has 0 fully saturated rings. The third-order valence-corrected chi connectivity index (χ3v) is 5.01. The molecule has 0 saturated heterocycles. The van der Waals surface area contributed by atoms with Crippen molar-refractivity contribution in [3.8, 4) is 5.75 Å². The van der Waals surface area contributed by atoms with Gasteiger partial charge in [0.25, 0.3) is 0 Å². The summed E-state index contributed by atoms with van der Waals surface area (Å²) in [6, 6.07) is 14.9. The highest BCUT2D eigenvalue weighted by Gasteiger charge is 2.37. The van der Waals surface area contributed by atoms with Crippen LogP contribution in [0.4, 0.5) is 0 Å². The molecule has 1 unspecified atom stereocenters. The molecular weight excluding hydrogens is 340 g/mol. The van der Waals surface area contributed by atoms with Gasteiger partial charge in [-0.1, -0.05) is 40.2 Å². The fraction of sp³-hybridized carbons (Fsp3) is 0.222. The lowest BCUT2D eigenvalue weighted by Gasteiger charge is -2.28. The predicted molar refractivity (Wildman–Crippen MR) is 90.8 cm³/mol. The standard InChI is InChI=1S/C18H17BrN2O/c19-15-3-1-2-13(9-15)18(10-17(20)21-11-18)14-4-5-16-12(8-14)6-7-22-16/h1-5,8-10,21H,6-7,11,20H2. The Hall–Kier alpha value is -1.94. The van der Waals surface area contributed by atoms with Gasteiger partial charge < -0.3 is 15.8 Å². The van der Waals surface area contributed by atoms with Crippen molar-refractivity contribution in [1.82, 2.24) is 5.32 Å². The molecule has 0 saturated carbocycles. The van der Waals surface area contributed by atoms with Crippen molar-refractivity contribution in [3.05, 3.63) is 75.5 Å². The highest BCUT2D eigenvalue weighted by molar-refractivity contribution is 9.10. The molecule has 22 heavy (non-hydrogen) atoms. The van der Waals surface area contributed by atoms with Gasteiger partial charge in [-0.25, -0.2) is 0 Å². The summed E-state index contributed by atoms with van der Waals surface area (Å²) in [5.41, 5.74) is 9.58. The number of halogens is 1. The van der Waals surface area contributed by atoms with Crippen LogP contribution in [-0.4, -0.2) is 13.2 Å². The number of rotatable bonds is 2. The Morgan fingerprint density at radius 3 is 2.77 bits per heavy atom. The molecule has 0 spiro atoms. The average molecular weight is 357 g/mol. The molecule has 0 aromatic heterocycles. The van der Waals surface area contributed by atoms with Gasteiger partial charge in [-0.3, -0.25) is 0 Å². The van der Waals surface area contributed by atoms with E-state index in [2.05, 4.69) is 63.7 Å². The van der Waals surface area contributed by atoms with Gasteiger partial charge in [0.2, 0.25) is 0 Å². The molecule has 112 valence electrons. The number of hydrogen-bond donors (Lipinski definition) is 2. The number of benzene rings is 2. The molecule has 2 aromatic carbocycles. The van der Waals surface area contributed by atoms with E-state index in [1.54, 1.807) is 0 Å². The number of hydrogen-bond acceptors (Lipinski definition) is 3. The molecule has 2 aliphatic rings. The molecule has 4 heteroatoms. The highest BCUT2D eigenvalue weighted by Crippen LogP contribution is 2.40. The van der Waals surface area contributed by atoms with Crippen LogP contribution in [0.25, 0.3) is 0 Å². The zero-order valence-corrected chi connectivity index (χ0v) is 13.7. The van der Waals surface area contributed by atoms with E-state index >= 15 is 0 Å². The van der Waals surface area contributed by atoms with Gasteiger partial charge in [0.05, 0.1) is 17.8 Å². The Morgan fingerprint density at radius 2 is 2.00 bits per heavy atom. The summed E-state index contributed by atoms with van der Waals surface area (Å²) >= 11 is 3.58. The van der Waals surface area contributed by atoms with Crippen LogP contribution in [0.5, 0.6) is 5.75 Å². The lowest BCUT2D eigenvalue weighted by molar-refractivity contribution is 0.356. The first-order chi connectivity index (χ1) is 10.7. The van der Waals surface area contributed by atoms with Crippen LogP contribution in [0.15, 0.2) is 58.8 Å². The summed E-state index contributed by atoms with van der Waals surface area (Å²) in [6.07, 6.45) is 3.11. The molecular formula is C18H17BrN2O. The van der Waals surface area contributed by atoms with E-state index in [1.807, 2.05) is 6.07 Å². The van der Waals surface area contributed by atoms with Crippen molar-refractivity contribution in [3.63, 3.8) is 0 Å². The maximum absolute atomic E-state index is 6.05. The van der Waals surface area contributed by atoms with Gasteiger partial charge in [0.1, 0.15) is 5.75 Å². The van der Waals surface area contributed by atoms with E-state index in [0.717, 1.165) is 35.6 Å². The molecule has 2 aromatic rings. The molecule has 2 heterocycles. The summed E-state index contributed by atoms with van der Waals surface area (Å²) in [6.45, 7) is 1.55. The van der Waals surface area contributed by atoms with Crippen molar-refractivity contribution >= 4 is 15.9 Å². The monoisotopic (exact) mass is 356 g/mol. The van der Waals surface area contributed by atoms with Gasteiger partial charge in [-0.05, 0) is 41.0 Å². The van der Waals surface area contributed by atoms with Crippen LogP contribution < -0.4 is 15.8 Å². The van der Waals surface area contributed by atoms with Crippen molar-refractivity contribution in [2.45, 2.75) is 11.8 Å². The molecule has 3 nitrogen and oxygen atoms in total. The molecule has 0 amide bonds. The Morgan fingerprint density at radius 1 is 1.14 bits per heavy atom. The summed E-state index contributed by atoms with van der Waals surface area (Å²) in [4.78, 5) is 0. The van der Waals surface area contributed by atoms with Crippen LogP contribution >= 0.6 is 15.9 Å². The minimum Gasteiger partial charge on any atom is -0.493 e. The normalized spacial score (nSPS) is 22.7. The van der Waals surface area contributed by atoms with E-state index in [9.17, 15) is 0 Å². The van der Waals surface area contributed by atoms with Crippen molar-refractivity contribution in [2.24, 2.45) is 5.73 Å². The maximum Gasteiger partial charge on any atom is 0.122 e. The minimum absolute atomic E-state index is 0.231. The van der Waals surface area contributed by atoms with Gasteiger partial charge >= 0.3 is 0 Å². The van der Waals surface area contributed by atoms with E-state index < -0.39 is 0 Å². The number of nitrogens with two attached hydrogens (primary N) is 1. The lowest BCUT2D eigenvalue weighted by Crippen LogP contribution is -2.31. The van der Waals surface area contributed by atoms with E-state index in [1.165, 1.54) is 16.7 Å². The number of ether oxygens (including phenoxy) is 1. The zero-order valence-electron chi connectivity index (χ0n) is 12.1. The van der Waals surface area contributed by atoms with Crippen molar-refractivity contribution in [1.29, 1.82) is 0 Å². The first-order valence-corrected chi connectivity index (χ1v) is 8.21. The molecule has 0 bridgehead atoms. The minimum atomic E-state index is -0.231. The summed E-state index contributed by atoms with van der Waals surface area (Å²) in [5.74, 6) is 1.74. The number of fused-ring (bicyclic) bond motifs is 1. The zero-order chi connectivity index (χ0) is 15.2. The summed E-state index contributed by atoms with van der Waals surface area (Å²) < 4.78 is 6.71. The van der Waals surface area contributed by atoms with Gasteiger partial charge in [0.15, 0.2) is 0 Å². The van der Waals surface area contributed by atoms with Crippen LogP contribution in [0.1, 0.15) is 16.7 Å². The van der Waals surface area contributed by atoms with E-state index in [4.69, 9.17) is 10.5 Å². The number of nitrogens with one attached hydrogen (secondary N) is 1. The Balaban J connectivity index is 1.89. The lowest BCUT2D eigenvalue weighted by atomic mass is 9.75. The SMILES string of the molecule is NC1=CC(c2cccc(Br)c2)(c2ccc3c(c2)CCO3)CN1. The second-order valence-electron chi connectivity index (χ2n) is 5.86. The smallest absolute Gasteiger partial charge is 0.122 e. The molecule has 3 N–H and O–H groups in total. The van der Waals surface area contributed by atoms with Crippen LogP contribution in [-0.2, 0) is 11.8 Å². The Kier molecular flexibility index (Phi) is 3.15. The Labute approximate surface area is 138 Å². The summed E-state index contributed by atoms with van der Waals surface area (Å²) in [7, 11) is 0.